The van der Waals surface area contributed by atoms with Crippen molar-refractivity contribution < 1.29 is 14.6 Å². The molecule has 86 valence electrons. The molecule has 0 radical (unpaired) electrons. The molecule has 1 aliphatic carbocycles. The lowest BCUT2D eigenvalue weighted by Gasteiger charge is -2.22. The van der Waals surface area contributed by atoms with Crippen LogP contribution in [0.15, 0.2) is 6.07 Å². The molecule has 1 aromatic rings. The number of carbonyl (C=O) groups is 1. The first kappa shape index (κ1) is 11.1. The fourth-order valence-corrected chi connectivity index (χ4v) is 2.14. The molecular weight excluding hydrogens is 206 g/mol. The smallest absolute Gasteiger partial charge is 0.356 e. The van der Waals surface area contributed by atoms with Crippen LogP contribution in [-0.2, 0) is 11.2 Å². The number of aliphatic hydroxyl groups is 1. The molecule has 0 aromatic carbocycles. The van der Waals surface area contributed by atoms with Gasteiger partial charge in [0.1, 0.15) is 5.69 Å². The Kier molecular flexibility index (Phi) is 2.92. The Morgan fingerprint density at radius 3 is 3.06 bits per heavy atom. The average Bonchev–Trinajstić information content (AvgIpc) is 2.29. The van der Waals surface area contributed by atoms with Gasteiger partial charge in [-0.15, -0.1) is 0 Å². The zero-order valence-corrected chi connectivity index (χ0v) is 9.49. The van der Waals surface area contributed by atoms with E-state index in [1.54, 1.807) is 6.07 Å². The van der Waals surface area contributed by atoms with E-state index in [0.717, 1.165) is 24.0 Å². The number of carbonyl (C=O) groups excluding carboxylic acids is 1. The van der Waals surface area contributed by atoms with Crippen LogP contribution in [0.1, 0.15) is 46.3 Å². The summed E-state index contributed by atoms with van der Waals surface area (Å²) in [6.07, 6.45) is 2.05. The zero-order chi connectivity index (χ0) is 11.7. The van der Waals surface area contributed by atoms with Gasteiger partial charge in [0.05, 0.1) is 18.9 Å². The van der Waals surface area contributed by atoms with Crippen LogP contribution in [0.4, 0.5) is 0 Å². The Labute approximate surface area is 94.3 Å². The van der Waals surface area contributed by atoms with Gasteiger partial charge in [0, 0.05) is 0 Å². The molecule has 16 heavy (non-hydrogen) atoms. The van der Waals surface area contributed by atoms with E-state index in [9.17, 15) is 9.90 Å². The van der Waals surface area contributed by atoms with Crippen molar-refractivity contribution in [2.24, 2.45) is 0 Å². The van der Waals surface area contributed by atoms with Crippen molar-refractivity contribution in [3.05, 3.63) is 28.6 Å². The summed E-state index contributed by atoms with van der Waals surface area (Å²) in [5.74, 6) is -0.455. The lowest BCUT2D eigenvalue weighted by Crippen LogP contribution is -2.16. The molecule has 1 heterocycles. The number of rotatable bonds is 1. The molecule has 0 amide bonds. The molecular formula is C12H15NO3. The minimum atomic E-state index is -0.549. The standard InChI is InChI=1S/C12H15NO3/c1-7-6-9(12(15)16-2)13-11-8(7)4-3-5-10(11)14/h6,10,14H,3-5H2,1-2H3. The number of ether oxygens (including phenoxy) is 1. The van der Waals surface area contributed by atoms with E-state index in [0.29, 0.717) is 12.1 Å². The highest BCUT2D eigenvalue weighted by atomic mass is 16.5. The zero-order valence-electron chi connectivity index (χ0n) is 9.49. The maximum atomic E-state index is 11.4. The number of aromatic nitrogens is 1. The normalized spacial score (nSPS) is 19.1. The quantitative estimate of drug-likeness (QED) is 0.731. The van der Waals surface area contributed by atoms with Gasteiger partial charge < -0.3 is 9.84 Å². The molecule has 0 aliphatic heterocycles. The number of pyridine rings is 1. The third-order valence-corrected chi connectivity index (χ3v) is 2.99. The van der Waals surface area contributed by atoms with Crippen LogP contribution in [0, 0.1) is 6.92 Å². The number of hydrogen-bond donors (Lipinski definition) is 1. The van der Waals surface area contributed by atoms with E-state index < -0.39 is 12.1 Å². The molecule has 2 rings (SSSR count). The molecule has 1 unspecified atom stereocenters. The summed E-state index contributed by atoms with van der Waals surface area (Å²) >= 11 is 0. The number of hydrogen-bond acceptors (Lipinski definition) is 4. The summed E-state index contributed by atoms with van der Waals surface area (Å²) < 4.78 is 4.63. The van der Waals surface area contributed by atoms with Crippen molar-refractivity contribution in [2.45, 2.75) is 32.3 Å². The second-order valence-electron chi connectivity index (χ2n) is 4.09. The highest BCUT2D eigenvalue weighted by molar-refractivity contribution is 5.87. The van der Waals surface area contributed by atoms with Crippen molar-refractivity contribution >= 4 is 5.97 Å². The fourth-order valence-electron chi connectivity index (χ4n) is 2.14. The molecule has 0 spiro atoms. The van der Waals surface area contributed by atoms with Crippen molar-refractivity contribution in [3.8, 4) is 0 Å². The summed E-state index contributed by atoms with van der Waals surface area (Å²) in [7, 11) is 1.33. The highest BCUT2D eigenvalue weighted by Gasteiger charge is 2.23. The second kappa shape index (κ2) is 4.22. The molecule has 1 atom stereocenters. The maximum absolute atomic E-state index is 11.4. The Balaban J connectivity index is 2.50. The number of nitrogens with zero attached hydrogens (tertiary/aromatic N) is 1. The minimum Gasteiger partial charge on any atom is -0.464 e. The van der Waals surface area contributed by atoms with Crippen LogP contribution < -0.4 is 0 Å². The molecule has 0 saturated carbocycles. The molecule has 4 heteroatoms. The number of aliphatic hydroxyl groups excluding tert-OH is 1. The summed E-state index contributed by atoms with van der Waals surface area (Å²) in [5.41, 5.74) is 3.00. The van der Waals surface area contributed by atoms with Crippen LogP contribution in [0.5, 0.6) is 0 Å². The van der Waals surface area contributed by atoms with Crippen LogP contribution in [0.2, 0.25) is 0 Å². The van der Waals surface area contributed by atoms with Gasteiger partial charge in [0.15, 0.2) is 0 Å². The Morgan fingerprint density at radius 2 is 2.38 bits per heavy atom. The van der Waals surface area contributed by atoms with E-state index in [4.69, 9.17) is 0 Å². The van der Waals surface area contributed by atoms with Crippen LogP contribution >= 0.6 is 0 Å². The molecule has 1 aliphatic rings. The lowest BCUT2D eigenvalue weighted by molar-refractivity contribution is 0.0592. The van der Waals surface area contributed by atoms with Gasteiger partial charge >= 0.3 is 5.97 Å². The number of fused-ring (bicyclic) bond motifs is 1. The lowest BCUT2D eigenvalue weighted by atomic mass is 9.90. The predicted molar refractivity (Wildman–Crippen MR) is 58.2 cm³/mol. The van der Waals surface area contributed by atoms with Crippen molar-refractivity contribution in [3.63, 3.8) is 0 Å². The summed E-state index contributed by atoms with van der Waals surface area (Å²) in [6.45, 7) is 1.94. The first-order chi connectivity index (χ1) is 7.63. The second-order valence-corrected chi connectivity index (χ2v) is 4.09. The van der Waals surface area contributed by atoms with Gasteiger partial charge in [-0.3, -0.25) is 0 Å². The number of methoxy groups -OCH3 is 1. The monoisotopic (exact) mass is 221 g/mol. The van der Waals surface area contributed by atoms with Crippen molar-refractivity contribution in [1.29, 1.82) is 0 Å². The Morgan fingerprint density at radius 1 is 1.62 bits per heavy atom. The number of esters is 1. The summed E-state index contributed by atoms with van der Waals surface area (Å²) in [6, 6.07) is 1.72. The molecule has 0 saturated heterocycles. The van der Waals surface area contributed by atoms with Crippen LogP contribution in [0.3, 0.4) is 0 Å². The third-order valence-electron chi connectivity index (χ3n) is 2.99. The first-order valence-electron chi connectivity index (χ1n) is 5.40. The maximum Gasteiger partial charge on any atom is 0.356 e. The van der Waals surface area contributed by atoms with Gasteiger partial charge in [-0.1, -0.05) is 0 Å². The molecule has 1 aromatic heterocycles. The third kappa shape index (κ3) is 1.80. The van der Waals surface area contributed by atoms with Crippen molar-refractivity contribution in [1.82, 2.24) is 4.98 Å². The molecule has 0 bridgehead atoms. The topological polar surface area (TPSA) is 59.4 Å². The number of aryl methyl sites for hydroxylation is 1. The van der Waals surface area contributed by atoms with Crippen molar-refractivity contribution in [2.75, 3.05) is 7.11 Å². The average molecular weight is 221 g/mol. The van der Waals surface area contributed by atoms with Crippen LogP contribution in [0.25, 0.3) is 0 Å². The van der Waals surface area contributed by atoms with Gasteiger partial charge in [-0.2, -0.15) is 0 Å². The summed E-state index contributed by atoms with van der Waals surface area (Å²) in [4.78, 5) is 15.6. The van der Waals surface area contributed by atoms with E-state index in [-0.39, 0.29) is 5.69 Å². The van der Waals surface area contributed by atoms with Gasteiger partial charge in [0.2, 0.25) is 0 Å². The Hall–Kier alpha value is -1.42. The van der Waals surface area contributed by atoms with E-state index in [1.165, 1.54) is 7.11 Å². The largest absolute Gasteiger partial charge is 0.464 e. The minimum absolute atomic E-state index is 0.277. The van der Waals surface area contributed by atoms with Crippen LogP contribution in [-0.4, -0.2) is 23.2 Å². The first-order valence-corrected chi connectivity index (χ1v) is 5.40. The van der Waals surface area contributed by atoms with Gasteiger partial charge in [0.25, 0.3) is 0 Å². The SMILES string of the molecule is COC(=O)c1cc(C)c2c(n1)C(O)CCC2. The Bertz CT molecular complexity index is 429. The molecule has 0 fully saturated rings. The van der Waals surface area contributed by atoms with E-state index >= 15 is 0 Å². The fraction of sp³-hybridized carbons (Fsp3) is 0.500. The van der Waals surface area contributed by atoms with Gasteiger partial charge in [-0.05, 0) is 43.4 Å². The summed E-state index contributed by atoms with van der Waals surface area (Å²) in [5, 5.41) is 9.85. The highest BCUT2D eigenvalue weighted by Crippen LogP contribution is 2.30. The predicted octanol–water partition coefficient (Wildman–Crippen LogP) is 1.55. The molecule has 1 N–H and O–H groups in total. The van der Waals surface area contributed by atoms with E-state index in [1.807, 2.05) is 6.92 Å². The molecule has 4 nitrogen and oxygen atoms in total. The van der Waals surface area contributed by atoms with E-state index in [2.05, 4.69) is 9.72 Å². The van der Waals surface area contributed by atoms with Gasteiger partial charge in [-0.25, -0.2) is 9.78 Å².